The summed E-state index contributed by atoms with van der Waals surface area (Å²) in [7, 11) is -3.63. The van der Waals surface area contributed by atoms with Crippen molar-refractivity contribution in [1.29, 1.82) is 0 Å². The van der Waals surface area contributed by atoms with Crippen LogP contribution in [-0.4, -0.2) is 26.7 Å². The fourth-order valence-corrected chi connectivity index (χ4v) is 5.59. The summed E-state index contributed by atoms with van der Waals surface area (Å²) in [4.78, 5) is 0.133. The Morgan fingerprint density at radius 3 is 2.26 bits per heavy atom. The zero-order chi connectivity index (χ0) is 19.3. The lowest BCUT2D eigenvalue weighted by Gasteiger charge is -2.29. The van der Waals surface area contributed by atoms with Crippen molar-refractivity contribution in [2.45, 2.75) is 43.4 Å². The van der Waals surface area contributed by atoms with Crippen LogP contribution in [-0.2, 0) is 22.9 Å². The highest BCUT2D eigenvalue weighted by atomic mass is 35.5. The molecule has 0 aliphatic heterocycles. The van der Waals surface area contributed by atoms with Crippen LogP contribution in [0.25, 0.3) is 0 Å². The van der Waals surface area contributed by atoms with Gasteiger partial charge in [0.15, 0.2) is 0 Å². The predicted octanol–water partition coefficient (Wildman–Crippen LogP) is 3.96. The molecule has 0 heterocycles. The third kappa shape index (κ3) is 5.11. The molecule has 2 aromatic carbocycles. The van der Waals surface area contributed by atoms with E-state index in [0.29, 0.717) is 13.0 Å². The minimum Gasteiger partial charge on any atom is -0.396 e. The number of halogens is 1. The summed E-state index contributed by atoms with van der Waals surface area (Å²) in [5.74, 6) is 0. The third-order valence-corrected chi connectivity index (χ3v) is 7.33. The Hall–Kier alpha value is -1.40. The molecule has 1 aliphatic rings. The number of nitrogens with one attached hydrogen (secondary N) is 1. The summed E-state index contributed by atoms with van der Waals surface area (Å²) >= 11 is 6.07. The first-order valence-corrected chi connectivity index (χ1v) is 11.2. The van der Waals surface area contributed by atoms with Crippen LogP contribution < -0.4 is 4.72 Å². The summed E-state index contributed by atoms with van der Waals surface area (Å²) in [5.41, 5.74) is 2.25. The molecule has 0 aromatic heterocycles. The van der Waals surface area contributed by atoms with E-state index >= 15 is 0 Å². The maximum atomic E-state index is 12.7. The first kappa shape index (κ1) is 20.3. The highest BCUT2D eigenvalue weighted by molar-refractivity contribution is 7.89. The second-order valence-corrected chi connectivity index (χ2v) is 9.57. The van der Waals surface area contributed by atoms with E-state index in [9.17, 15) is 8.42 Å². The Kier molecular flexibility index (Phi) is 6.58. The van der Waals surface area contributed by atoms with Gasteiger partial charge in [0, 0.05) is 13.2 Å². The highest BCUT2D eigenvalue weighted by Crippen LogP contribution is 2.41. The smallest absolute Gasteiger partial charge is 0.242 e. The van der Waals surface area contributed by atoms with Crippen LogP contribution in [0.5, 0.6) is 0 Å². The van der Waals surface area contributed by atoms with Crippen molar-refractivity contribution in [3.63, 3.8) is 0 Å². The van der Waals surface area contributed by atoms with Crippen molar-refractivity contribution in [2.24, 2.45) is 5.41 Å². The lowest BCUT2D eigenvalue weighted by molar-refractivity contribution is 0.294. The Morgan fingerprint density at radius 1 is 1.00 bits per heavy atom. The van der Waals surface area contributed by atoms with Crippen LogP contribution in [0, 0.1) is 5.41 Å². The molecule has 0 bridgehead atoms. The van der Waals surface area contributed by atoms with E-state index < -0.39 is 10.0 Å². The number of benzene rings is 2. The van der Waals surface area contributed by atoms with Gasteiger partial charge in [0.1, 0.15) is 4.90 Å². The molecule has 3 rings (SSSR count). The number of sulfonamides is 1. The van der Waals surface area contributed by atoms with Crippen molar-refractivity contribution in [3.8, 4) is 0 Å². The molecule has 2 N–H and O–H groups in total. The van der Waals surface area contributed by atoms with Crippen LogP contribution >= 0.6 is 11.6 Å². The van der Waals surface area contributed by atoms with Gasteiger partial charge in [-0.2, -0.15) is 0 Å². The first-order chi connectivity index (χ1) is 12.9. The molecule has 0 amide bonds. The zero-order valence-electron chi connectivity index (χ0n) is 15.3. The lowest BCUT2D eigenvalue weighted by atomic mass is 9.80. The quantitative estimate of drug-likeness (QED) is 0.696. The van der Waals surface area contributed by atoms with Gasteiger partial charge in [-0.05, 0) is 54.4 Å². The van der Waals surface area contributed by atoms with Gasteiger partial charge in [-0.15, -0.1) is 0 Å². The molecule has 4 nitrogen and oxygen atoms in total. The molecule has 2 aromatic rings. The SMILES string of the molecule is O=S(=O)(NCC1(Cc2ccc(CCO)cc2)CCCC1)c1ccccc1Cl. The summed E-state index contributed by atoms with van der Waals surface area (Å²) in [6, 6.07) is 14.8. The fourth-order valence-electron chi connectivity index (χ4n) is 3.92. The van der Waals surface area contributed by atoms with Crippen LogP contribution in [0.2, 0.25) is 5.02 Å². The second kappa shape index (κ2) is 8.74. The minimum absolute atomic E-state index is 0.0627. The van der Waals surface area contributed by atoms with Crippen molar-refractivity contribution in [2.75, 3.05) is 13.2 Å². The summed E-state index contributed by atoms with van der Waals surface area (Å²) < 4.78 is 28.2. The molecule has 0 radical (unpaired) electrons. The highest BCUT2D eigenvalue weighted by Gasteiger charge is 2.35. The molecule has 1 aliphatic carbocycles. The number of hydrogen-bond donors (Lipinski definition) is 2. The predicted molar refractivity (Wildman–Crippen MR) is 108 cm³/mol. The maximum absolute atomic E-state index is 12.7. The van der Waals surface area contributed by atoms with Crippen molar-refractivity contribution >= 4 is 21.6 Å². The minimum atomic E-state index is -3.63. The van der Waals surface area contributed by atoms with Crippen molar-refractivity contribution in [1.82, 2.24) is 4.72 Å². The molecule has 146 valence electrons. The monoisotopic (exact) mass is 407 g/mol. The number of hydrogen-bond acceptors (Lipinski definition) is 3. The van der Waals surface area contributed by atoms with E-state index in [2.05, 4.69) is 16.9 Å². The lowest BCUT2D eigenvalue weighted by Crippen LogP contribution is -2.37. The zero-order valence-corrected chi connectivity index (χ0v) is 16.9. The van der Waals surface area contributed by atoms with Crippen molar-refractivity contribution in [3.05, 3.63) is 64.7 Å². The van der Waals surface area contributed by atoms with Gasteiger partial charge in [-0.1, -0.05) is 60.8 Å². The summed E-state index contributed by atoms with van der Waals surface area (Å²) in [6.07, 6.45) is 5.76. The van der Waals surface area contributed by atoms with Crippen molar-refractivity contribution < 1.29 is 13.5 Å². The van der Waals surface area contributed by atoms with E-state index in [4.69, 9.17) is 16.7 Å². The molecular formula is C21H26ClNO3S. The Labute approximate surface area is 166 Å². The standard InChI is InChI=1S/C21H26ClNO3S/c22-19-5-1-2-6-20(19)27(25,26)23-16-21(12-3-4-13-21)15-18-9-7-17(8-10-18)11-14-24/h1-2,5-10,23-24H,3-4,11-16H2. The molecule has 0 saturated heterocycles. The molecule has 1 saturated carbocycles. The summed E-state index contributed by atoms with van der Waals surface area (Å²) in [5, 5.41) is 9.29. The Balaban J connectivity index is 1.72. The maximum Gasteiger partial charge on any atom is 0.242 e. The molecule has 6 heteroatoms. The topological polar surface area (TPSA) is 66.4 Å². The largest absolute Gasteiger partial charge is 0.396 e. The number of aliphatic hydroxyl groups excluding tert-OH is 1. The van der Waals surface area contributed by atoms with E-state index in [0.717, 1.165) is 37.7 Å². The number of rotatable bonds is 8. The average molecular weight is 408 g/mol. The second-order valence-electron chi connectivity index (χ2n) is 7.43. The van der Waals surface area contributed by atoms with Gasteiger partial charge in [0.25, 0.3) is 0 Å². The fraction of sp³-hybridized carbons (Fsp3) is 0.429. The molecule has 0 spiro atoms. The molecule has 27 heavy (non-hydrogen) atoms. The van der Waals surface area contributed by atoms with Crippen LogP contribution in [0.15, 0.2) is 53.4 Å². The van der Waals surface area contributed by atoms with E-state index in [1.54, 1.807) is 18.2 Å². The third-order valence-electron chi connectivity index (χ3n) is 5.43. The average Bonchev–Trinajstić information content (AvgIpc) is 3.11. The van der Waals surface area contributed by atoms with Crippen LogP contribution in [0.3, 0.4) is 0 Å². The van der Waals surface area contributed by atoms with Crippen LogP contribution in [0.1, 0.15) is 36.8 Å². The number of aliphatic hydroxyl groups is 1. The van der Waals surface area contributed by atoms with Gasteiger partial charge in [0.2, 0.25) is 10.0 Å². The van der Waals surface area contributed by atoms with Gasteiger partial charge < -0.3 is 5.11 Å². The van der Waals surface area contributed by atoms with Gasteiger partial charge >= 0.3 is 0 Å². The first-order valence-electron chi connectivity index (χ1n) is 9.37. The van der Waals surface area contributed by atoms with Gasteiger partial charge in [-0.3, -0.25) is 0 Å². The molecule has 0 unspecified atom stereocenters. The molecular weight excluding hydrogens is 382 g/mol. The molecule has 0 atom stereocenters. The van der Waals surface area contributed by atoms with E-state index in [1.807, 2.05) is 12.1 Å². The van der Waals surface area contributed by atoms with E-state index in [-0.39, 0.29) is 21.9 Å². The molecule has 1 fully saturated rings. The van der Waals surface area contributed by atoms with Gasteiger partial charge in [-0.25, -0.2) is 13.1 Å². The normalized spacial score (nSPS) is 16.5. The van der Waals surface area contributed by atoms with E-state index in [1.165, 1.54) is 11.6 Å². The summed E-state index contributed by atoms with van der Waals surface area (Å²) in [6.45, 7) is 0.562. The van der Waals surface area contributed by atoms with Crippen LogP contribution in [0.4, 0.5) is 0 Å². The Bertz CT molecular complexity index is 859. The van der Waals surface area contributed by atoms with Gasteiger partial charge in [0.05, 0.1) is 5.02 Å². The Morgan fingerprint density at radius 2 is 1.63 bits per heavy atom.